The molecular formula is C22H24F3N3O2. The molecule has 2 atom stereocenters. The molecule has 0 aliphatic carbocycles. The molecule has 0 spiro atoms. The number of likely N-dealkylation sites (tertiary alicyclic amines) is 1. The molecular weight excluding hydrogens is 395 g/mol. The van der Waals surface area contributed by atoms with Crippen molar-refractivity contribution in [1.82, 2.24) is 15.5 Å². The second kappa shape index (κ2) is 9.19. The molecule has 1 saturated heterocycles. The second-order valence-corrected chi connectivity index (χ2v) is 7.28. The van der Waals surface area contributed by atoms with Crippen LogP contribution in [0.15, 0.2) is 54.6 Å². The van der Waals surface area contributed by atoms with Crippen molar-refractivity contribution >= 4 is 11.9 Å². The van der Waals surface area contributed by atoms with Gasteiger partial charge in [-0.3, -0.25) is 4.79 Å². The molecule has 0 saturated carbocycles. The van der Waals surface area contributed by atoms with Crippen LogP contribution in [0, 0.1) is 5.92 Å². The summed E-state index contributed by atoms with van der Waals surface area (Å²) in [6.45, 7) is 2.84. The van der Waals surface area contributed by atoms with Crippen LogP contribution in [0.5, 0.6) is 0 Å². The van der Waals surface area contributed by atoms with Gasteiger partial charge in [0.15, 0.2) is 0 Å². The van der Waals surface area contributed by atoms with Gasteiger partial charge < -0.3 is 15.5 Å². The molecule has 2 aromatic carbocycles. The number of benzene rings is 2. The largest absolute Gasteiger partial charge is 0.416 e. The average Bonchev–Trinajstić information content (AvgIpc) is 3.18. The molecule has 30 heavy (non-hydrogen) atoms. The number of amides is 3. The summed E-state index contributed by atoms with van der Waals surface area (Å²) in [7, 11) is 0. The van der Waals surface area contributed by atoms with Gasteiger partial charge in [-0.25, -0.2) is 4.79 Å². The summed E-state index contributed by atoms with van der Waals surface area (Å²) in [5, 5.41) is 5.55. The van der Waals surface area contributed by atoms with Gasteiger partial charge in [0, 0.05) is 32.1 Å². The molecule has 2 aromatic rings. The Morgan fingerprint density at radius 1 is 1.03 bits per heavy atom. The Morgan fingerprint density at radius 3 is 2.43 bits per heavy atom. The van der Waals surface area contributed by atoms with Crippen LogP contribution in [-0.2, 0) is 17.5 Å². The van der Waals surface area contributed by atoms with Crippen molar-refractivity contribution in [3.8, 4) is 0 Å². The van der Waals surface area contributed by atoms with E-state index in [0.717, 1.165) is 17.7 Å². The molecule has 1 fully saturated rings. The molecule has 1 aliphatic rings. The Morgan fingerprint density at radius 2 is 1.77 bits per heavy atom. The monoisotopic (exact) mass is 419 g/mol. The van der Waals surface area contributed by atoms with Gasteiger partial charge in [-0.2, -0.15) is 13.2 Å². The van der Waals surface area contributed by atoms with E-state index in [1.807, 2.05) is 30.3 Å². The minimum absolute atomic E-state index is 0.146. The van der Waals surface area contributed by atoms with E-state index in [-0.39, 0.29) is 25.0 Å². The zero-order chi connectivity index (χ0) is 21.7. The topological polar surface area (TPSA) is 61.4 Å². The summed E-state index contributed by atoms with van der Waals surface area (Å²) in [6.07, 6.45) is -4.47. The van der Waals surface area contributed by atoms with Crippen molar-refractivity contribution in [3.05, 3.63) is 71.3 Å². The Hall–Kier alpha value is -3.03. The Labute approximate surface area is 173 Å². The van der Waals surface area contributed by atoms with Crippen LogP contribution in [0.2, 0.25) is 0 Å². The van der Waals surface area contributed by atoms with E-state index >= 15 is 0 Å². The fourth-order valence-corrected chi connectivity index (χ4v) is 3.70. The van der Waals surface area contributed by atoms with Crippen LogP contribution in [0.25, 0.3) is 0 Å². The van der Waals surface area contributed by atoms with Gasteiger partial charge in [0.25, 0.3) is 0 Å². The highest BCUT2D eigenvalue weighted by Crippen LogP contribution is 2.36. The molecule has 3 amide bonds. The van der Waals surface area contributed by atoms with E-state index in [0.29, 0.717) is 18.7 Å². The summed E-state index contributed by atoms with van der Waals surface area (Å²) in [4.78, 5) is 26.7. The first kappa shape index (κ1) is 21.7. The molecule has 2 unspecified atom stereocenters. The van der Waals surface area contributed by atoms with Gasteiger partial charge in [-0.05, 0) is 24.1 Å². The molecule has 8 heteroatoms. The molecule has 0 radical (unpaired) electrons. The fraction of sp³-hybridized carbons (Fsp3) is 0.364. The SMILES string of the molecule is CCNC(=O)N1CC(C(=O)NCc2ccccc2)C(c2cccc(C(F)(F)F)c2)C1. The van der Waals surface area contributed by atoms with Gasteiger partial charge in [0.05, 0.1) is 11.5 Å². The highest BCUT2D eigenvalue weighted by atomic mass is 19.4. The number of hydrogen-bond donors (Lipinski definition) is 2. The zero-order valence-corrected chi connectivity index (χ0v) is 16.6. The normalized spacial score (nSPS) is 18.9. The molecule has 5 nitrogen and oxygen atoms in total. The van der Waals surface area contributed by atoms with Crippen molar-refractivity contribution < 1.29 is 22.8 Å². The van der Waals surface area contributed by atoms with Crippen LogP contribution < -0.4 is 10.6 Å². The van der Waals surface area contributed by atoms with Gasteiger partial charge >= 0.3 is 12.2 Å². The highest BCUT2D eigenvalue weighted by Gasteiger charge is 2.41. The maximum absolute atomic E-state index is 13.2. The summed E-state index contributed by atoms with van der Waals surface area (Å²) in [5.74, 6) is -1.45. The van der Waals surface area contributed by atoms with Crippen molar-refractivity contribution in [1.29, 1.82) is 0 Å². The number of rotatable bonds is 5. The van der Waals surface area contributed by atoms with E-state index in [1.54, 1.807) is 13.0 Å². The molecule has 0 bridgehead atoms. The minimum atomic E-state index is -4.47. The summed E-state index contributed by atoms with van der Waals surface area (Å²) in [5.41, 5.74) is 0.552. The number of alkyl halides is 3. The fourth-order valence-electron chi connectivity index (χ4n) is 3.70. The Balaban J connectivity index is 1.82. The maximum atomic E-state index is 13.2. The zero-order valence-electron chi connectivity index (χ0n) is 16.6. The predicted molar refractivity (Wildman–Crippen MR) is 107 cm³/mol. The lowest BCUT2D eigenvalue weighted by Crippen LogP contribution is -2.39. The molecule has 3 rings (SSSR count). The van der Waals surface area contributed by atoms with Crippen LogP contribution in [0.1, 0.15) is 29.5 Å². The third kappa shape index (κ3) is 5.11. The number of carbonyl (C=O) groups excluding carboxylic acids is 2. The Kier molecular flexibility index (Phi) is 6.64. The lowest BCUT2D eigenvalue weighted by molar-refractivity contribution is -0.137. The number of urea groups is 1. The van der Waals surface area contributed by atoms with E-state index < -0.39 is 23.6 Å². The maximum Gasteiger partial charge on any atom is 0.416 e. The van der Waals surface area contributed by atoms with Crippen molar-refractivity contribution in [2.24, 2.45) is 5.92 Å². The lowest BCUT2D eigenvalue weighted by Gasteiger charge is -2.19. The smallest absolute Gasteiger partial charge is 0.352 e. The summed E-state index contributed by atoms with van der Waals surface area (Å²) in [6, 6.07) is 14.0. The second-order valence-electron chi connectivity index (χ2n) is 7.28. The molecule has 2 N–H and O–H groups in total. The van der Waals surface area contributed by atoms with Gasteiger partial charge in [-0.15, -0.1) is 0 Å². The van der Waals surface area contributed by atoms with Gasteiger partial charge in [-0.1, -0.05) is 48.5 Å². The van der Waals surface area contributed by atoms with Crippen LogP contribution in [0.3, 0.4) is 0 Å². The van der Waals surface area contributed by atoms with Gasteiger partial charge in [0.1, 0.15) is 0 Å². The predicted octanol–water partition coefficient (Wildman–Crippen LogP) is 3.77. The van der Waals surface area contributed by atoms with E-state index in [4.69, 9.17) is 0 Å². The van der Waals surface area contributed by atoms with Crippen LogP contribution in [0.4, 0.5) is 18.0 Å². The van der Waals surface area contributed by atoms with Crippen molar-refractivity contribution in [2.75, 3.05) is 19.6 Å². The first-order valence-corrected chi connectivity index (χ1v) is 9.81. The first-order chi connectivity index (χ1) is 14.3. The summed E-state index contributed by atoms with van der Waals surface area (Å²) < 4.78 is 39.5. The third-order valence-corrected chi connectivity index (χ3v) is 5.22. The standard InChI is InChI=1S/C22H24F3N3O2/c1-2-26-21(30)28-13-18(16-9-6-10-17(11-16)22(23,24)25)19(14-28)20(29)27-12-15-7-4-3-5-8-15/h3-11,18-19H,2,12-14H2,1H3,(H,26,30)(H,27,29). The molecule has 0 aromatic heterocycles. The number of carbonyl (C=O) groups is 2. The summed E-state index contributed by atoms with van der Waals surface area (Å²) >= 11 is 0. The van der Waals surface area contributed by atoms with Crippen LogP contribution in [-0.4, -0.2) is 36.5 Å². The Bertz CT molecular complexity index is 887. The van der Waals surface area contributed by atoms with Crippen molar-refractivity contribution in [3.63, 3.8) is 0 Å². The number of halogens is 3. The third-order valence-electron chi connectivity index (χ3n) is 5.22. The molecule has 160 valence electrons. The first-order valence-electron chi connectivity index (χ1n) is 9.81. The lowest BCUT2D eigenvalue weighted by atomic mass is 9.87. The average molecular weight is 419 g/mol. The number of nitrogens with one attached hydrogen (secondary N) is 2. The van der Waals surface area contributed by atoms with Crippen molar-refractivity contribution in [2.45, 2.75) is 25.6 Å². The number of hydrogen-bond acceptors (Lipinski definition) is 2. The minimum Gasteiger partial charge on any atom is -0.352 e. The van der Waals surface area contributed by atoms with E-state index in [2.05, 4.69) is 10.6 Å². The van der Waals surface area contributed by atoms with Crippen LogP contribution >= 0.6 is 0 Å². The molecule has 1 aliphatic heterocycles. The quantitative estimate of drug-likeness (QED) is 0.775. The van der Waals surface area contributed by atoms with Gasteiger partial charge in [0.2, 0.25) is 5.91 Å². The van der Waals surface area contributed by atoms with E-state index in [1.165, 1.54) is 11.0 Å². The van der Waals surface area contributed by atoms with E-state index in [9.17, 15) is 22.8 Å². The molecule has 1 heterocycles. The number of nitrogens with zero attached hydrogens (tertiary/aromatic N) is 1. The highest BCUT2D eigenvalue weighted by molar-refractivity contribution is 5.83.